The van der Waals surface area contributed by atoms with E-state index in [9.17, 15) is 24.5 Å². The first-order chi connectivity index (χ1) is 13.4. The first-order valence-corrected chi connectivity index (χ1v) is 9.55. The van der Waals surface area contributed by atoms with Crippen LogP contribution in [0.1, 0.15) is 40.4 Å². The third-order valence-corrected chi connectivity index (χ3v) is 5.75. The summed E-state index contributed by atoms with van der Waals surface area (Å²) in [6.45, 7) is 2.02. The first-order valence-electron chi connectivity index (χ1n) is 9.55. The highest BCUT2D eigenvalue weighted by Crippen LogP contribution is 2.33. The molecule has 3 rings (SSSR count). The predicted octanol–water partition coefficient (Wildman–Crippen LogP) is 0.738. The number of amides is 1. The number of hydrogen-bond acceptors (Lipinski definition) is 6. The van der Waals surface area contributed by atoms with E-state index in [4.69, 9.17) is 9.47 Å². The summed E-state index contributed by atoms with van der Waals surface area (Å²) in [5, 5.41) is 30.2. The molecule has 0 aliphatic carbocycles. The minimum absolute atomic E-state index is 0.123. The van der Waals surface area contributed by atoms with Crippen LogP contribution in [0.3, 0.4) is 0 Å². The molecule has 2 fully saturated rings. The zero-order valence-corrected chi connectivity index (χ0v) is 16.1. The maximum absolute atomic E-state index is 13.1. The van der Waals surface area contributed by atoms with Crippen LogP contribution in [0.5, 0.6) is 0 Å². The summed E-state index contributed by atoms with van der Waals surface area (Å²) in [7, 11) is 1.67. The molecule has 2 aliphatic rings. The van der Waals surface area contributed by atoms with Crippen molar-refractivity contribution in [1.29, 1.82) is 0 Å². The molecule has 156 valence electrons. The molecule has 0 unspecified atom stereocenters. The predicted molar refractivity (Wildman–Crippen MR) is 98.7 cm³/mol. The van der Waals surface area contributed by atoms with Gasteiger partial charge in [-0.25, -0.2) is 4.39 Å². The zero-order valence-electron chi connectivity index (χ0n) is 16.1. The number of halogens is 1. The van der Waals surface area contributed by atoms with Crippen molar-refractivity contribution in [3.05, 3.63) is 34.9 Å². The molecule has 2 saturated heterocycles. The summed E-state index contributed by atoms with van der Waals surface area (Å²) in [6, 6.07) is 5.03. The Morgan fingerprint density at radius 2 is 1.89 bits per heavy atom. The molecule has 5 atom stereocenters. The second kappa shape index (κ2) is 8.84. The number of rotatable bonds is 4. The van der Waals surface area contributed by atoms with E-state index < -0.39 is 37.2 Å². The van der Waals surface area contributed by atoms with Gasteiger partial charge in [-0.15, -0.1) is 0 Å². The van der Waals surface area contributed by atoms with Crippen LogP contribution in [0.4, 0.5) is 4.39 Å². The monoisotopic (exact) mass is 397 g/mol. The summed E-state index contributed by atoms with van der Waals surface area (Å²) in [5.74, 6) is -0.123. The number of alkyl halides is 1. The van der Waals surface area contributed by atoms with E-state index in [-0.39, 0.29) is 12.0 Å². The molecule has 8 heteroatoms. The molecule has 0 radical (unpaired) electrons. The number of carbonyl (C=O) groups is 1. The normalized spacial score (nSPS) is 31.8. The van der Waals surface area contributed by atoms with Gasteiger partial charge in [0.15, 0.2) is 0 Å². The Bertz CT molecular complexity index is 691. The number of methoxy groups -OCH3 is 1. The van der Waals surface area contributed by atoms with Crippen molar-refractivity contribution in [2.24, 2.45) is 0 Å². The van der Waals surface area contributed by atoms with Crippen LogP contribution >= 0.6 is 0 Å². The van der Waals surface area contributed by atoms with E-state index >= 15 is 0 Å². The van der Waals surface area contributed by atoms with Gasteiger partial charge in [0.2, 0.25) is 0 Å². The zero-order chi connectivity index (χ0) is 20.4. The van der Waals surface area contributed by atoms with Gasteiger partial charge < -0.3 is 29.7 Å². The summed E-state index contributed by atoms with van der Waals surface area (Å²) in [5.41, 5.74) is 1.70. The number of piperidine rings is 1. The first kappa shape index (κ1) is 21.1. The Hall–Kier alpha value is -1.58. The fraction of sp³-hybridized carbons (Fsp3) is 0.650. The van der Waals surface area contributed by atoms with Crippen LogP contribution in [0.25, 0.3) is 0 Å². The van der Waals surface area contributed by atoms with Gasteiger partial charge in [-0.1, -0.05) is 12.1 Å². The largest absolute Gasteiger partial charge is 0.387 e. The maximum Gasteiger partial charge on any atom is 0.254 e. The highest BCUT2D eigenvalue weighted by atomic mass is 19.1. The van der Waals surface area contributed by atoms with Gasteiger partial charge in [-0.2, -0.15) is 0 Å². The lowest BCUT2D eigenvalue weighted by atomic mass is 9.90. The Balaban J connectivity index is 1.82. The number of ether oxygens (including phenoxy) is 2. The van der Waals surface area contributed by atoms with Gasteiger partial charge in [0, 0.05) is 25.8 Å². The molecule has 1 aromatic carbocycles. The van der Waals surface area contributed by atoms with Gasteiger partial charge in [-0.05, 0) is 37.0 Å². The van der Waals surface area contributed by atoms with Crippen molar-refractivity contribution in [1.82, 2.24) is 4.90 Å². The third-order valence-electron chi connectivity index (χ3n) is 5.75. The number of aryl methyl sites for hydroxylation is 1. The number of carbonyl (C=O) groups excluding carboxylic acids is 1. The van der Waals surface area contributed by atoms with Crippen LogP contribution in [0.15, 0.2) is 18.2 Å². The van der Waals surface area contributed by atoms with E-state index in [0.717, 1.165) is 18.4 Å². The van der Waals surface area contributed by atoms with E-state index in [1.165, 1.54) is 0 Å². The van der Waals surface area contributed by atoms with Crippen molar-refractivity contribution in [3.63, 3.8) is 0 Å². The van der Waals surface area contributed by atoms with E-state index in [1.54, 1.807) is 30.2 Å². The number of aliphatic hydroxyl groups excluding tert-OH is 3. The molecule has 1 amide bonds. The van der Waals surface area contributed by atoms with Gasteiger partial charge >= 0.3 is 0 Å². The lowest BCUT2D eigenvalue weighted by Gasteiger charge is -2.40. The number of likely N-dealkylation sites (tertiary alicyclic amines) is 1. The van der Waals surface area contributed by atoms with Crippen molar-refractivity contribution in [2.75, 3.05) is 26.9 Å². The van der Waals surface area contributed by atoms with Crippen molar-refractivity contribution in [3.8, 4) is 0 Å². The molecule has 0 aromatic heterocycles. The van der Waals surface area contributed by atoms with E-state index in [2.05, 4.69) is 0 Å². The summed E-state index contributed by atoms with van der Waals surface area (Å²) in [4.78, 5) is 14.8. The minimum Gasteiger partial charge on any atom is -0.387 e. The van der Waals surface area contributed by atoms with Gasteiger partial charge in [0.05, 0.1) is 6.10 Å². The van der Waals surface area contributed by atoms with Crippen molar-refractivity contribution in [2.45, 2.75) is 56.4 Å². The summed E-state index contributed by atoms with van der Waals surface area (Å²) < 4.78 is 24.0. The Labute approximate surface area is 163 Å². The molecule has 3 N–H and O–H groups in total. The fourth-order valence-electron chi connectivity index (χ4n) is 3.87. The molecule has 7 nitrogen and oxygen atoms in total. The van der Waals surface area contributed by atoms with Crippen LogP contribution in [-0.4, -0.2) is 83.5 Å². The molecule has 2 aliphatic heterocycles. The molecule has 0 bridgehead atoms. The molecule has 0 spiro atoms. The fourth-order valence-corrected chi connectivity index (χ4v) is 3.87. The Kier molecular flexibility index (Phi) is 6.67. The standard InChI is InChI=1S/C20H28FNO6/c1-11-3-4-12(19-18(25)17(24)16(23)15(10-21)28-19)9-14(11)20(26)22-7-5-13(27-2)6-8-22/h3-4,9,13,15-19,23-25H,5-8,10H2,1-2H3/t15-,16+,17-,18+,19-/m0/s1. The van der Waals surface area contributed by atoms with Crippen LogP contribution in [0.2, 0.25) is 0 Å². The highest BCUT2D eigenvalue weighted by molar-refractivity contribution is 5.96. The Morgan fingerprint density at radius 3 is 2.50 bits per heavy atom. The number of nitrogens with zero attached hydrogens (tertiary/aromatic N) is 1. The smallest absolute Gasteiger partial charge is 0.254 e. The average molecular weight is 397 g/mol. The second-order valence-corrected chi connectivity index (χ2v) is 7.52. The lowest BCUT2D eigenvalue weighted by Crippen LogP contribution is -2.54. The molecule has 0 saturated carbocycles. The average Bonchev–Trinajstić information content (AvgIpc) is 2.72. The van der Waals surface area contributed by atoms with E-state index in [0.29, 0.717) is 24.2 Å². The van der Waals surface area contributed by atoms with Gasteiger partial charge in [0.1, 0.15) is 37.2 Å². The highest BCUT2D eigenvalue weighted by Gasteiger charge is 2.44. The SMILES string of the molecule is COC1CCN(C(=O)c2cc([C@@H]3O[C@@H](CF)[C@@H](O)[C@H](O)[C@H]3O)ccc2C)CC1. The molecular weight excluding hydrogens is 369 g/mol. The van der Waals surface area contributed by atoms with E-state index in [1.807, 2.05) is 6.92 Å². The van der Waals surface area contributed by atoms with Gasteiger partial charge in [0.25, 0.3) is 5.91 Å². The van der Waals surface area contributed by atoms with Gasteiger partial charge in [-0.3, -0.25) is 4.79 Å². The Morgan fingerprint density at radius 1 is 1.21 bits per heavy atom. The molecular formula is C20H28FNO6. The number of benzene rings is 1. The lowest BCUT2D eigenvalue weighted by molar-refractivity contribution is -0.227. The second-order valence-electron chi connectivity index (χ2n) is 7.52. The van der Waals surface area contributed by atoms with Crippen LogP contribution < -0.4 is 0 Å². The molecule has 2 heterocycles. The topological polar surface area (TPSA) is 99.5 Å². The van der Waals surface area contributed by atoms with Crippen molar-refractivity contribution >= 4 is 5.91 Å². The number of hydrogen-bond donors (Lipinski definition) is 3. The van der Waals surface area contributed by atoms with Crippen LogP contribution in [-0.2, 0) is 9.47 Å². The minimum atomic E-state index is -1.53. The third kappa shape index (κ3) is 4.06. The number of aliphatic hydroxyl groups is 3. The van der Waals surface area contributed by atoms with Crippen molar-refractivity contribution < 1.29 is 34.0 Å². The maximum atomic E-state index is 13.1. The molecule has 1 aromatic rings. The summed E-state index contributed by atoms with van der Waals surface area (Å²) in [6.07, 6.45) is -5.05. The molecule has 28 heavy (non-hydrogen) atoms. The summed E-state index contributed by atoms with van der Waals surface area (Å²) >= 11 is 0. The quantitative estimate of drug-likeness (QED) is 0.693. The van der Waals surface area contributed by atoms with Crippen LogP contribution in [0, 0.1) is 6.92 Å².